The second kappa shape index (κ2) is 10.1. The molecule has 114 valence electrons. The molecule has 0 aromatic carbocycles. The van der Waals surface area contributed by atoms with Crippen molar-refractivity contribution in [1.82, 2.24) is 10.3 Å². The lowest BCUT2D eigenvalue weighted by molar-refractivity contribution is 0.191. The fraction of sp³-hybridized carbons (Fsp3) is 0.643. The Balaban J connectivity index is 2.86. The zero-order chi connectivity index (χ0) is 14.8. The van der Waals surface area contributed by atoms with E-state index in [0.29, 0.717) is 6.61 Å². The van der Waals surface area contributed by atoms with Crippen LogP contribution < -0.4 is 10.2 Å². The van der Waals surface area contributed by atoms with Gasteiger partial charge in [0.1, 0.15) is 5.82 Å². The molecule has 0 spiro atoms. The number of nitrogens with zero attached hydrogens (tertiary/aromatic N) is 2. The Kier molecular flexibility index (Phi) is 8.77. The number of nitrogens with one attached hydrogen (secondary N) is 1. The third-order valence-electron chi connectivity index (χ3n) is 2.92. The van der Waals surface area contributed by atoms with Crippen LogP contribution >= 0.6 is 15.9 Å². The third kappa shape index (κ3) is 5.75. The molecule has 1 N–H and O–H groups in total. The highest BCUT2D eigenvalue weighted by molar-refractivity contribution is 9.10. The van der Waals surface area contributed by atoms with Gasteiger partial charge in [0, 0.05) is 56.7 Å². The van der Waals surface area contributed by atoms with Gasteiger partial charge < -0.3 is 19.7 Å². The Morgan fingerprint density at radius 1 is 1.25 bits per heavy atom. The van der Waals surface area contributed by atoms with Crippen LogP contribution in [0.4, 0.5) is 5.82 Å². The van der Waals surface area contributed by atoms with Crippen molar-refractivity contribution in [2.45, 2.75) is 13.0 Å². The number of anilines is 1. The summed E-state index contributed by atoms with van der Waals surface area (Å²) in [5.74, 6) is 1.01. The first-order valence-electron chi connectivity index (χ1n) is 6.74. The van der Waals surface area contributed by atoms with Crippen molar-refractivity contribution in [3.63, 3.8) is 0 Å². The average Bonchev–Trinajstić information content (AvgIpc) is 2.44. The lowest BCUT2D eigenvalue weighted by Crippen LogP contribution is -2.31. The molecule has 1 aromatic heterocycles. The van der Waals surface area contributed by atoms with Crippen LogP contribution in [0.25, 0.3) is 0 Å². The fourth-order valence-electron chi connectivity index (χ4n) is 2.00. The maximum Gasteiger partial charge on any atom is 0.133 e. The van der Waals surface area contributed by atoms with Crippen molar-refractivity contribution >= 4 is 21.7 Å². The molecule has 0 radical (unpaired) electrons. The molecule has 5 nitrogen and oxygen atoms in total. The minimum Gasteiger partial charge on any atom is -0.385 e. The lowest BCUT2D eigenvalue weighted by Gasteiger charge is -2.25. The smallest absolute Gasteiger partial charge is 0.133 e. The molecule has 0 aliphatic heterocycles. The zero-order valence-corrected chi connectivity index (χ0v) is 14.1. The van der Waals surface area contributed by atoms with Gasteiger partial charge in [-0.1, -0.05) is 0 Å². The fourth-order valence-corrected chi connectivity index (χ4v) is 2.38. The number of hydrogen-bond acceptors (Lipinski definition) is 5. The average molecular weight is 346 g/mol. The van der Waals surface area contributed by atoms with Crippen LogP contribution in [0, 0.1) is 0 Å². The number of methoxy groups -OCH3 is 2. The van der Waals surface area contributed by atoms with Crippen molar-refractivity contribution in [2.75, 3.05) is 52.5 Å². The second-order valence-electron chi connectivity index (χ2n) is 4.49. The van der Waals surface area contributed by atoms with Gasteiger partial charge in [0.05, 0.1) is 6.61 Å². The first-order chi connectivity index (χ1) is 9.72. The first kappa shape index (κ1) is 17.4. The zero-order valence-electron chi connectivity index (χ0n) is 12.5. The van der Waals surface area contributed by atoms with Crippen LogP contribution in [0.1, 0.15) is 12.0 Å². The van der Waals surface area contributed by atoms with Crippen molar-refractivity contribution in [3.8, 4) is 0 Å². The lowest BCUT2D eigenvalue weighted by atomic mass is 10.2. The predicted octanol–water partition coefficient (Wildman–Crippen LogP) is 2.05. The second-order valence-corrected chi connectivity index (χ2v) is 5.41. The summed E-state index contributed by atoms with van der Waals surface area (Å²) in [5.41, 5.74) is 1.18. The van der Waals surface area contributed by atoms with Crippen LogP contribution in [0.3, 0.4) is 0 Å². The molecule has 0 aliphatic carbocycles. The molecule has 0 bridgehead atoms. The van der Waals surface area contributed by atoms with E-state index >= 15 is 0 Å². The van der Waals surface area contributed by atoms with Crippen LogP contribution in [0.5, 0.6) is 0 Å². The Bertz CT molecular complexity index is 391. The molecular formula is C14H24BrN3O2. The Labute approximate surface area is 129 Å². The molecule has 0 atom stereocenters. The maximum absolute atomic E-state index is 5.20. The Morgan fingerprint density at radius 2 is 2.00 bits per heavy atom. The van der Waals surface area contributed by atoms with E-state index in [1.807, 2.05) is 13.2 Å². The minimum absolute atomic E-state index is 0.684. The highest BCUT2D eigenvalue weighted by Gasteiger charge is 2.13. The number of ether oxygens (including phenoxy) is 2. The van der Waals surface area contributed by atoms with Gasteiger partial charge in [-0.15, -0.1) is 0 Å². The molecular weight excluding hydrogens is 322 g/mol. The summed E-state index contributed by atoms with van der Waals surface area (Å²) in [6, 6.07) is 2.11. The van der Waals surface area contributed by atoms with Crippen LogP contribution in [-0.2, 0) is 16.0 Å². The number of halogens is 1. The number of pyridine rings is 1. The largest absolute Gasteiger partial charge is 0.385 e. The molecule has 6 heteroatoms. The van der Waals surface area contributed by atoms with E-state index in [2.05, 4.69) is 37.2 Å². The van der Waals surface area contributed by atoms with E-state index in [0.717, 1.165) is 43.0 Å². The summed E-state index contributed by atoms with van der Waals surface area (Å²) in [7, 11) is 5.38. The maximum atomic E-state index is 5.20. The van der Waals surface area contributed by atoms with Crippen LogP contribution in [0.2, 0.25) is 0 Å². The monoisotopic (exact) mass is 345 g/mol. The van der Waals surface area contributed by atoms with Gasteiger partial charge in [-0.05, 0) is 35.5 Å². The van der Waals surface area contributed by atoms with Crippen LogP contribution in [-0.4, -0.2) is 52.6 Å². The summed E-state index contributed by atoms with van der Waals surface area (Å²) in [6.07, 6.45) is 2.81. The molecule has 0 unspecified atom stereocenters. The summed E-state index contributed by atoms with van der Waals surface area (Å²) in [6.45, 7) is 3.95. The van der Waals surface area contributed by atoms with Gasteiger partial charge in [0.25, 0.3) is 0 Å². The van der Waals surface area contributed by atoms with E-state index in [4.69, 9.17) is 9.47 Å². The van der Waals surface area contributed by atoms with Gasteiger partial charge in [-0.25, -0.2) is 4.98 Å². The molecule has 0 aliphatic rings. The van der Waals surface area contributed by atoms with Crippen molar-refractivity contribution < 1.29 is 9.47 Å². The van der Waals surface area contributed by atoms with E-state index in [1.54, 1.807) is 14.2 Å². The summed E-state index contributed by atoms with van der Waals surface area (Å²) in [5, 5.41) is 3.19. The molecule has 0 amide bonds. The number of hydrogen-bond donors (Lipinski definition) is 1. The van der Waals surface area contributed by atoms with Gasteiger partial charge >= 0.3 is 0 Å². The normalized spacial score (nSPS) is 10.8. The highest BCUT2D eigenvalue weighted by Crippen LogP contribution is 2.21. The predicted molar refractivity (Wildman–Crippen MR) is 85.3 cm³/mol. The third-order valence-corrected chi connectivity index (χ3v) is 3.35. The van der Waals surface area contributed by atoms with Crippen LogP contribution in [0.15, 0.2) is 16.7 Å². The minimum atomic E-state index is 0.684. The van der Waals surface area contributed by atoms with Gasteiger partial charge in [0.2, 0.25) is 0 Å². The summed E-state index contributed by atoms with van der Waals surface area (Å²) in [4.78, 5) is 6.82. The van der Waals surface area contributed by atoms with Gasteiger partial charge in [-0.3, -0.25) is 0 Å². The van der Waals surface area contributed by atoms with E-state index < -0.39 is 0 Å². The molecule has 0 fully saturated rings. The van der Waals surface area contributed by atoms with Crippen molar-refractivity contribution in [2.24, 2.45) is 0 Å². The van der Waals surface area contributed by atoms with Gasteiger partial charge in [-0.2, -0.15) is 0 Å². The first-order valence-corrected chi connectivity index (χ1v) is 7.54. The number of aromatic nitrogens is 1. The van der Waals surface area contributed by atoms with E-state index in [9.17, 15) is 0 Å². The van der Waals surface area contributed by atoms with Crippen molar-refractivity contribution in [1.29, 1.82) is 0 Å². The Morgan fingerprint density at radius 3 is 2.65 bits per heavy atom. The molecule has 20 heavy (non-hydrogen) atoms. The van der Waals surface area contributed by atoms with E-state index in [1.165, 1.54) is 5.56 Å². The number of rotatable bonds is 10. The molecule has 0 saturated carbocycles. The Hall–Kier alpha value is -0.690. The summed E-state index contributed by atoms with van der Waals surface area (Å²) < 4.78 is 11.3. The molecule has 1 heterocycles. The van der Waals surface area contributed by atoms with Crippen molar-refractivity contribution in [3.05, 3.63) is 22.3 Å². The van der Waals surface area contributed by atoms with Gasteiger partial charge in [0.15, 0.2) is 0 Å². The quantitative estimate of drug-likeness (QED) is 0.657. The molecule has 0 saturated heterocycles. The SMILES string of the molecule is CNCc1cc(Br)cnc1N(CCCOC)CCOC. The van der Waals surface area contributed by atoms with E-state index in [-0.39, 0.29) is 0 Å². The topological polar surface area (TPSA) is 46.6 Å². The molecule has 1 aromatic rings. The standard InChI is InChI=1S/C14H24BrN3O2/c1-16-10-12-9-13(15)11-17-14(12)18(6-8-20-3)5-4-7-19-2/h9,11,16H,4-8,10H2,1-3H3. The highest BCUT2D eigenvalue weighted by atomic mass is 79.9. The molecule has 1 rings (SSSR count). The summed E-state index contributed by atoms with van der Waals surface area (Å²) >= 11 is 3.48.